The van der Waals surface area contributed by atoms with E-state index < -0.39 is 9.84 Å². The molecule has 6 nitrogen and oxygen atoms in total. The van der Waals surface area contributed by atoms with Crippen LogP contribution < -0.4 is 0 Å². The van der Waals surface area contributed by atoms with Crippen LogP contribution in [0.4, 0.5) is 0 Å². The van der Waals surface area contributed by atoms with E-state index in [1.807, 2.05) is 24.4 Å². The van der Waals surface area contributed by atoms with Crippen molar-refractivity contribution in [1.82, 2.24) is 14.7 Å². The van der Waals surface area contributed by atoms with E-state index in [1.165, 1.54) is 11.3 Å². The molecule has 2 aromatic rings. The Morgan fingerprint density at radius 1 is 1.59 bits per heavy atom. The van der Waals surface area contributed by atoms with Crippen LogP contribution in [-0.4, -0.2) is 47.2 Å². The first-order chi connectivity index (χ1) is 10.5. The Balaban J connectivity index is 1.78. The minimum Gasteiger partial charge on any atom is -0.408 e. The molecule has 1 fully saturated rings. The largest absolute Gasteiger partial charge is 0.408 e. The first-order valence-electron chi connectivity index (χ1n) is 7.05. The van der Waals surface area contributed by atoms with Gasteiger partial charge in [-0.05, 0) is 36.6 Å². The third kappa shape index (κ3) is 3.32. The molecule has 22 heavy (non-hydrogen) atoms. The van der Waals surface area contributed by atoms with Gasteiger partial charge >= 0.3 is 0 Å². The molecule has 1 aliphatic heterocycles. The molecule has 0 saturated carbocycles. The van der Waals surface area contributed by atoms with E-state index in [1.54, 1.807) is 4.68 Å². The predicted octanol–water partition coefficient (Wildman–Crippen LogP) is 2.40. The zero-order valence-corrected chi connectivity index (χ0v) is 14.6. The molecule has 1 aliphatic rings. The fraction of sp³-hybridized carbons (Fsp3) is 0.538. The highest BCUT2D eigenvalue weighted by atomic mass is 32.2. The molecule has 0 amide bonds. The van der Waals surface area contributed by atoms with Crippen molar-refractivity contribution in [3.63, 3.8) is 0 Å². The Morgan fingerprint density at radius 2 is 2.41 bits per heavy atom. The molecule has 120 valence electrons. The highest BCUT2D eigenvalue weighted by Gasteiger charge is 2.32. The number of aromatic nitrogens is 2. The second-order valence-electron chi connectivity index (χ2n) is 5.25. The topological polar surface area (TPSA) is 68.3 Å². The van der Waals surface area contributed by atoms with Crippen LogP contribution in [-0.2, 0) is 16.5 Å². The molecule has 0 aliphatic carbocycles. The average molecular weight is 359 g/mol. The van der Waals surface area contributed by atoms with Crippen LogP contribution in [0.1, 0.15) is 13.3 Å². The number of rotatable bonds is 5. The van der Waals surface area contributed by atoms with Gasteiger partial charge in [-0.25, -0.2) is 13.1 Å². The lowest BCUT2D eigenvalue weighted by molar-refractivity contribution is 0.162. The van der Waals surface area contributed by atoms with Crippen LogP contribution in [0, 0.1) is 4.84 Å². The summed E-state index contributed by atoms with van der Waals surface area (Å²) in [5.41, 5.74) is 0. The van der Waals surface area contributed by atoms with E-state index in [4.69, 9.17) is 16.6 Å². The van der Waals surface area contributed by atoms with E-state index >= 15 is 0 Å². The summed E-state index contributed by atoms with van der Waals surface area (Å²) >= 11 is 6.77. The fourth-order valence-electron chi connectivity index (χ4n) is 2.60. The van der Waals surface area contributed by atoms with Crippen LogP contribution in [0.2, 0.25) is 0 Å². The van der Waals surface area contributed by atoms with Gasteiger partial charge in [-0.3, -0.25) is 4.90 Å². The lowest BCUT2D eigenvalue weighted by atomic mass is 10.2. The normalized spacial score (nSPS) is 20.7. The third-order valence-corrected chi connectivity index (χ3v) is 6.69. The molecule has 0 radical (unpaired) electrons. The number of nitrogens with zero attached hydrogens (tertiary/aromatic N) is 3. The fourth-order valence-corrected chi connectivity index (χ4v) is 5.19. The summed E-state index contributed by atoms with van der Waals surface area (Å²) in [6.07, 6.45) is 0.666. The van der Waals surface area contributed by atoms with Crippen LogP contribution in [0.5, 0.6) is 0 Å². The lowest BCUT2D eigenvalue weighted by Crippen LogP contribution is -2.37. The summed E-state index contributed by atoms with van der Waals surface area (Å²) in [7, 11) is -2.90. The molecule has 1 atom stereocenters. The van der Waals surface area contributed by atoms with Gasteiger partial charge in [-0.2, -0.15) is 0 Å². The van der Waals surface area contributed by atoms with Gasteiger partial charge in [-0.15, -0.1) is 16.4 Å². The monoisotopic (exact) mass is 359 g/mol. The van der Waals surface area contributed by atoms with E-state index in [2.05, 4.69) is 10.00 Å². The second-order valence-corrected chi connectivity index (χ2v) is 8.78. The number of thiophene rings is 1. The van der Waals surface area contributed by atoms with Gasteiger partial charge in [0.2, 0.25) is 0 Å². The molecule has 1 saturated heterocycles. The van der Waals surface area contributed by atoms with Crippen molar-refractivity contribution in [2.45, 2.75) is 26.1 Å². The smallest absolute Gasteiger partial charge is 0.288 e. The first kappa shape index (κ1) is 15.9. The first-order valence-corrected chi connectivity index (χ1v) is 10.2. The van der Waals surface area contributed by atoms with Crippen molar-refractivity contribution in [3.8, 4) is 10.8 Å². The summed E-state index contributed by atoms with van der Waals surface area (Å²) in [6.45, 7) is 3.20. The van der Waals surface area contributed by atoms with E-state index in [0.29, 0.717) is 23.8 Å². The van der Waals surface area contributed by atoms with Crippen molar-refractivity contribution < 1.29 is 12.8 Å². The molecule has 9 heteroatoms. The molecule has 0 unspecified atom stereocenters. The van der Waals surface area contributed by atoms with Crippen LogP contribution in [0.3, 0.4) is 0 Å². The summed E-state index contributed by atoms with van der Waals surface area (Å²) in [4.78, 5) is 3.32. The predicted molar refractivity (Wildman–Crippen MR) is 88.1 cm³/mol. The molecular weight excluding hydrogens is 342 g/mol. The van der Waals surface area contributed by atoms with Gasteiger partial charge in [0, 0.05) is 6.04 Å². The summed E-state index contributed by atoms with van der Waals surface area (Å²) in [5.74, 6) is 0.984. The molecule has 0 spiro atoms. The maximum absolute atomic E-state index is 11.7. The summed E-state index contributed by atoms with van der Waals surface area (Å²) in [5, 5.41) is 6.37. The SMILES string of the molecule is CCN(Cn1nc(-c2cccs2)oc1=S)[C@@H]1CCS(=O)(=O)C1. The maximum Gasteiger partial charge on any atom is 0.288 e. The zero-order chi connectivity index (χ0) is 15.7. The Bertz CT molecular complexity index is 792. The quantitative estimate of drug-likeness (QED) is 0.764. The third-order valence-electron chi connectivity index (χ3n) is 3.78. The Kier molecular flexibility index (Phi) is 4.49. The number of sulfone groups is 1. The van der Waals surface area contributed by atoms with E-state index in [-0.39, 0.29) is 17.5 Å². The van der Waals surface area contributed by atoms with Crippen molar-refractivity contribution in [2.75, 3.05) is 18.1 Å². The van der Waals surface area contributed by atoms with Crippen molar-refractivity contribution >= 4 is 33.4 Å². The summed E-state index contributed by atoms with van der Waals surface area (Å²) < 4.78 is 30.5. The molecular formula is C13H17N3O3S3. The number of hydrogen-bond acceptors (Lipinski definition) is 7. The highest BCUT2D eigenvalue weighted by Crippen LogP contribution is 2.24. The second kappa shape index (κ2) is 6.23. The minimum absolute atomic E-state index is 0.0267. The maximum atomic E-state index is 11.7. The highest BCUT2D eigenvalue weighted by molar-refractivity contribution is 7.91. The van der Waals surface area contributed by atoms with Gasteiger partial charge in [0.1, 0.15) is 0 Å². The molecule has 3 heterocycles. The van der Waals surface area contributed by atoms with E-state index in [0.717, 1.165) is 11.4 Å². The van der Waals surface area contributed by atoms with Gasteiger partial charge in [0.25, 0.3) is 10.7 Å². The standard InChI is InChI=1S/C13H17N3O3S3/c1-2-15(10-5-7-22(17,18)8-10)9-16-13(20)19-12(14-16)11-4-3-6-21-11/h3-4,6,10H,2,5,7-9H2,1H3/t10-/m1/s1. The van der Waals surface area contributed by atoms with E-state index in [9.17, 15) is 8.42 Å². The molecule has 3 rings (SSSR count). The molecule has 2 aromatic heterocycles. The van der Waals surface area contributed by atoms with Crippen molar-refractivity contribution in [1.29, 1.82) is 0 Å². The number of hydrogen-bond donors (Lipinski definition) is 0. The van der Waals surface area contributed by atoms with Gasteiger partial charge < -0.3 is 4.42 Å². The Labute approximate surface area is 138 Å². The van der Waals surface area contributed by atoms with Gasteiger partial charge in [-0.1, -0.05) is 13.0 Å². The van der Waals surface area contributed by atoms with Crippen LogP contribution in [0.25, 0.3) is 10.8 Å². The van der Waals surface area contributed by atoms with Crippen LogP contribution in [0.15, 0.2) is 21.9 Å². The Hall–Kier alpha value is -1.03. The summed E-state index contributed by atoms with van der Waals surface area (Å²) in [6, 6.07) is 3.88. The average Bonchev–Trinajstić information content (AvgIpc) is 3.17. The molecule has 0 aromatic carbocycles. The van der Waals surface area contributed by atoms with Crippen LogP contribution >= 0.6 is 23.6 Å². The molecule has 0 bridgehead atoms. The zero-order valence-electron chi connectivity index (χ0n) is 12.1. The van der Waals surface area contributed by atoms with Crippen molar-refractivity contribution in [2.24, 2.45) is 0 Å². The van der Waals surface area contributed by atoms with Crippen molar-refractivity contribution in [3.05, 3.63) is 22.4 Å². The minimum atomic E-state index is -2.90. The Morgan fingerprint density at radius 3 is 3.00 bits per heavy atom. The lowest BCUT2D eigenvalue weighted by Gasteiger charge is -2.25. The van der Waals surface area contributed by atoms with Gasteiger partial charge in [0.05, 0.1) is 23.1 Å². The molecule has 0 N–H and O–H groups in total. The van der Waals surface area contributed by atoms with Gasteiger partial charge in [0.15, 0.2) is 9.84 Å².